The predicted octanol–water partition coefficient (Wildman–Crippen LogP) is 3.90. The molecule has 0 saturated carbocycles. The Kier molecular flexibility index (Phi) is 4.69. The van der Waals surface area contributed by atoms with Crippen LogP contribution in [0, 0.1) is 24.6 Å². The third kappa shape index (κ3) is 2.98. The van der Waals surface area contributed by atoms with Gasteiger partial charge in [-0.15, -0.1) is 0 Å². The van der Waals surface area contributed by atoms with Gasteiger partial charge in [-0.3, -0.25) is 0 Å². The molecule has 2 nitrogen and oxygen atoms in total. The molecule has 112 valence electrons. The van der Waals surface area contributed by atoms with Crippen LogP contribution in [0.3, 0.4) is 0 Å². The minimum atomic E-state index is -0.103. The summed E-state index contributed by atoms with van der Waals surface area (Å²) in [5.41, 5.74) is 3.02. The minimum absolute atomic E-state index is 0.103. The standard InChI is InChI=1S/C17H27FN2/c1-6-19-14(5)15-8-16(18)11(2)7-17(15)20-9-12(3)13(4)10-20/h7-8,12-14,19H,6,9-10H2,1-5H3. The van der Waals surface area contributed by atoms with Gasteiger partial charge in [-0.1, -0.05) is 20.8 Å². The monoisotopic (exact) mass is 278 g/mol. The molecule has 0 aromatic heterocycles. The van der Waals surface area contributed by atoms with E-state index in [1.165, 1.54) is 5.69 Å². The topological polar surface area (TPSA) is 15.3 Å². The van der Waals surface area contributed by atoms with Gasteiger partial charge in [-0.05, 0) is 55.5 Å². The number of benzene rings is 1. The van der Waals surface area contributed by atoms with Crippen molar-refractivity contribution in [2.24, 2.45) is 11.8 Å². The average Bonchev–Trinajstić information content (AvgIpc) is 2.72. The van der Waals surface area contributed by atoms with Gasteiger partial charge < -0.3 is 10.2 Å². The normalized spacial score (nSPS) is 24.2. The van der Waals surface area contributed by atoms with Crippen LogP contribution in [-0.4, -0.2) is 19.6 Å². The number of hydrogen-bond acceptors (Lipinski definition) is 2. The molecule has 3 atom stereocenters. The van der Waals surface area contributed by atoms with Crippen LogP contribution in [0.1, 0.15) is 44.9 Å². The fourth-order valence-electron chi connectivity index (χ4n) is 3.04. The number of rotatable bonds is 4. The predicted molar refractivity (Wildman–Crippen MR) is 83.8 cm³/mol. The zero-order valence-electron chi connectivity index (χ0n) is 13.3. The van der Waals surface area contributed by atoms with E-state index in [0.717, 1.165) is 30.8 Å². The third-order valence-corrected chi connectivity index (χ3v) is 4.61. The molecule has 0 spiro atoms. The molecule has 0 amide bonds. The summed E-state index contributed by atoms with van der Waals surface area (Å²) in [6.45, 7) is 13.7. The first-order valence-corrected chi connectivity index (χ1v) is 7.72. The molecule has 1 saturated heterocycles. The van der Waals surface area contributed by atoms with Crippen molar-refractivity contribution < 1.29 is 4.39 Å². The zero-order chi connectivity index (χ0) is 14.9. The smallest absolute Gasteiger partial charge is 0.126 e. The molecule has 20 heavy (non-hydrogen) atoms. The molecule has 0 bridgehead atoms. The van der Waals surface area contributed by atoms with Crippen molar-refractivity contribution in [1.29, 1.82) is 0 Å². The molecule has 0 aliphatic carbocycles. The highest BCUT2D eigenvalue weighted by molar-refractivity contribution is 5.58. The second kappa shape index (κ2) is 6.13. The molecule has 1 N–H and O–H groups in total. The molecular formula is C17H27FN2. The van der Waals surface area contributed by atoms with Gasteiger partial charge >= 0.3 is 0 Å². The van der Waals surface area contributed by atoms with E-state index < -0.39 is 0 Å². The highest BCUT2D eigenvalue weighted by Crippen LogP contribution is 2.34. The molecule has 1 heterocycles. The maximum atomic E-state index is 14.0. The summed E-state index contributed by atoms with van der Waals surface area (Å²) in [6.07, 6.45) is 0. The second-order valence-corrected chi connectivity index (χ2v) is 6.30. The summed E-state index contributed by atoms with van der Waals surface area (Å²) in [5, 5.41) is 3.40. The van der Waals surface area contributed by atoms with E-state index in [1.54, 1.807) is 6.07 Å². The first-order chi connectivity index (χ1) is 9.43. The first-order valence-electron chi connectivity index (χ1n) is 7.72. The second-order valence-electron chi connectivity index (χ2n) is 6.30. The molecule has 0 radical (unpaired) electrons. The van der Waals surface area contributed by atoms with Gasteiger partial charge in [-0.2, -0.15) is 0 Å². The lowest BCUT2D eigenvalue weighted by Crippen LogP contribution is -2.25. The maximum Gasteiger partial charge on any atom is 0.126 e. The van der Waals surface area contributed by atoms with Crippen LogP contribution in [0.25, 0.3) is 0 Å². The van der Waals surface area contributed by atoms with Crippen LogP contribution < -0.4 is 10.2 Å². The van der Waals surface area contributed by atoms with Crippen molar-refractivity contribution in [2.45, 2.75) is 40.7 Å². The number of nitrogens with zero attached hydrogens (tertiary/aromatic N) is 1. The maximum absolute atomic E-state index is 14.0. The van der Waals surface area contributed by atoms with Crippen molar-refractivity contribution in [3.63, 3.8) is 0 Å². The first kappa shape index (κ1) is 15.3. The molecular weight excluding hydrogens is 251 g/mol. The molecule has 1 aromatic carbocycles. The lowest BCUT2D eigenvalue weighted by molar-refractivity contribution is 0.494. The van der Waals surface area contributed by atoms with Gasteiger partial charge in [-0.25, -0.2) is 4.39 Å². The van der Waals surface area contributed by atoms with E-state index in [4.69, 9.17) is 0 Å². The van der Waals surface area contributed by atoms with Gasteiger partial charge in [0.25, 0.3) is 0 Å². The Labute approximate surface area is 122 Å². The van der Waals surface area contributed by atoms with Crippen molar-refractivity contribution in [2.75, 3.05) is 24.5 Å². The van der Waals surface area contributed by atoms with Crippen LogP contribution in [-0.2, 0) is 0 Å². The van der Waals surface area contributed by atoms with Crippen LogP contribution >= 0.6 is 0 Å². The fraction of sp³-hybridized carbons (Fsp3) is 0.647. The Balaban J connectivity index is 2.37. The van der Waals surface area contributed by atoms with Gasteiger partial charge in [0.1, 0.15) is 5.82 Å². The molecule has 1 fully saturated rings. The molecule has 3 heteroatoms. The van der Waals surface area contributed by atoms with E-state index in [-0.39, 0.29) is 11.9 Å². The molecule has 3 unspecified atom stereocenters. The van der Waals surface area contributed by atoms with Crippen LogP contribution in [0.4, 0.5) is 10.1 Å². The number of nitrogens with one attached hydrogen (secondary N) is 1. The van der Waals surface area contributed by atoms with Gasteiger partial charge in [0.15, 0.2) is 0 Å². The van der Waals surface area contributed by atoms with Gasteiger partial charge in [0.05, 0.1) is 0 Å². The summed E-state index contributed by atoms with van der Waals surface area (Å²) in [7, 11) is 0. The molecule has 1 aromatic rings. The Hall–Kier alpha value is -1.09. The average molecular weight is 278 g/mol. The highest BCUT2D eigenvalue weighted by atomic mass is 19.1. The summed E-state index contributed by atoms with van der Waals surface area (Å²) in [4.78, 5) is 2.42. The SMILES string of the molecule is CCNC(C)c1cc(F)c(C)cc1N1CC(C)C(C)C1. The Morgan fingerprint density at radius 3 is 2.45 bits per heavy atom. The van der Waals surface area contributed by atoms with Gasteiger partial charge in [0.2, 0.25) is 0 Å². The van der Waals surface area contributed by atoms with E-state index in [9.17, 15) is 4.39 Å². The van der Waals surface area contributed by atoms with Crippen LogP contribution in [0.15, 0.2) is 12.1 Å². The van der Waals surface area contributed by atoms with E-state index in [2.05, 4.69) is 37.9 Å². The Bertz CT molecular complexity index is 462. The fourth-order valence-corrected chi connectivity index (χ4v) is 3.04. The minimum Gasteiger partial charge on any atom is -0.371 e. The third-order valence-electron chi connectivity index (χ3n) is 4.61. The van der Waals surface area contributed by atoms with E-state index in [0.29, 0.717) is 11.8 Å². The number of aryl methyl sites for hydroxylation is 1. The van der Waals surface area contributed by atoms with Gasteiger partial charge in [0, 0.05) is 24.8 Å². The number of hydrogen-bond donors (Lipinski definition) is 1. The van der Waals surface area contributed by atoms with Crippen molar-refractivity contribution in [1.82, 2.24) is 5.32 Å². The largest absolute Gasteiger partial charge is 0.371 e. The van der Waals surface area contributed by atoms with E-state index >= 15 is 0 Å². The quantitative estimate of drug-likeness (QED) is 0.898. The Morgan fingerprint density at radius 2 is 1.90 bits per heavy atom. The van der Waals surface area contributed by atoms with Crippen LogP contribution in [0.5, 0.6) is 0 Å². The lowest BCUT2D eigenvalue weighted by atomic mass is 10.0. The van der Waals surface area contributed by atoms with Crippen molar-refractivity contribution in [3.05, 3.63) is 29.1 Å². The molecule has 2 rings (SSSR count). The molecule has 1 aliphatic rings. The van der Waals surface area contributed by atoms with E-state index in [1.807, 2.05) is 13.0 Å². The Morgan fingerprint density at radius 1 is 1.30 bits per heavy atom. The lowest BCUT2D eigenvalue weighted by Gasteiger charge is -2.26. The summed E-state index contributed by atoms with van der Waals surface area (Å²) in [6, 6.07) is 3.91. The summed E-state index contributed by atoms with van der Waals surface area (Å²) in [5.74, 6) is 1.29. The zero-order valence-corrected chi connectivity index (χ0v) is 13.3. The highest BCUT2D eigenvalue weighted by Gasteiger charge is 2.28. The summed E-state index contributed by atoms with van der Waals surface area (Å²) < 4.78 is 14.0. The van der Waals surface area contributed by atoms with Crippen molar-refractivity contribution in [3.8, 4) is 0 Å². The van der Waals surface area contributed by atoms with Crippen molar-refractivity contribution >= 4 is 5.69 Å². The van der Waals surface area contributed by atoms with Crippen LogP contribution in [0.2, 0.25) is 0 Å². The number of anilines is 1. The molecule has 1 aliphatic heterocycles. The number of halogens is 1. The summed E-state index contributed by atoms with van der Waals surface area (Å²) >= 11 is 0.